The van der Waals surface area contributed by atoms with Crippen molar-refractivity contribution in [1.29, 1.82) is 0 Å². The molecule has 1 heterocycles. The number of hydrogen-bond donors (Lipinski definition) is 2. The molecule has 2 aromatic rings. The van der Waals surface area contributed by atoms with Crippen LogP contribution in [0.1, 0.15) is 14.5 Å². The second kappa shape index (κ2) is 6.90. The number of aryl methyl sites for hydroxylation is 1. The van der Waals surface area contributed by atoms with Gasteiger partial charge in [0.1, 0.15) is 4.88 Å². The Kier molecular flexibility index (Phi) is 5.14. The highest BCUT2D eigenvalue weighted by atomic mass is 32.2. The molecule has 9 heteroatoms. The molecule has 122 valence electrons. The Morgan fingerprint density at radius 2 is 1.83 bits per heavy atom. The highest BCUT2D eigenvalue weighted by Gasteiger charge is 2.12. The molecule has 0 aliphatic carbocycles. The molecule has 0 aliphatic rings. The minimum atomic E-state index is -3.78. The van der Waals surface area contributed by atoms with E-state index in [0.717, 1.165) is 4.88 Å². The summed E-state index contributed by atoms with van der Waals surface area (Å²) in [5.74, 6) is -1.10. The van der Waals surface area contributed by atoms with E-state index in [1.165, 1.54) is 35.6 Å². The fourth-order valence-corrected chi connectivity index (χ4v) is 2.95. The van der Waals surface area contributed by atoms with Crippen molar-refractivity contribution in [2.24, 2.45) is 5.14 Å². The van der Waals surface area contributed by atoms with Crippen LogP contribution in [-0.4, -0.2) is 26.9 Å². The van der Waals surface area contributed by atoms with Crippen LogP contribution < -0.4 is 10.5 Å². The summed E-state index contributed by atoms with van der Waals surface area (Å²) in [6.07, 6.45) is 0. The van der Waals surface area contributed by atoms with E-state index in [4.69, 9.17) is 9.88 Å². The van der Waals surface area contributed by atoms with Crippen molar-refractivity contribution in [1.82, 2.24) is 0 Å². The Bertz CT molecular complexity index is 825. The summed E-state index contributed by atoms with van der Waals surface area (Å²) in [5.41, 5.74) is 0.366. The lowest BCUT2D eigenvalue weighted by Crippen LogP contribution is -2.20. The Balaban J connectivity index is 1.88. The normalized spacial score (nSPS) is 11.0. The third-order valence-electron chi connectivity index (χ3n) is 2.74. The number of primary sulfonamides is 1. The van der Waals surface area contributed by atoms with Crippen LogP contribution >= 0.6 is 11.3 Å². The van der Waals surface area contributed by atoms with Crippen LogP contribution in [0.3, 0.4) is 0 Å². The molecule has 2 rings (SSSR count). The van der Waals surface area contributed by atoms with Crippen LogP contribution in [0.5, 0.6) is 0 Å². The number of nitrogens with one attached hydrogen (secondary N) is 1. The first kappa shape index (κ1) is 17.1. The largest absolute Gasteiger partial charge is 0.451 e. The lowest BCUT2D eigenvalue weighted by atomic mass is 10.3. The van der Waals surface area contributed by atoms with Crippen LogP contribution in [0.2, 0.25) is 0 Å². The third-order valence-corrected chi connectivity index (χ3v) is 4.65. The second-order valence-electron chi connectivity index (χ2n) is 4.60. The number of nitrogens with two attached hydrogens (primary N) is 1. The SMILES string of the molecule is Cc1ccc(C(=O)OCC(=O)Nc2ccc(S(N)(=O)=O)cc2)s1. The predicted molar refractivity (Wildman–Crippen MR) is 85.8 cm³/mol. The highest BCUT2D eigenvalue weighted by molar-refractivity contribution is 7.89. The molecule has 0 spiro atoms. The topological polar surface area (TPSA) is 116 Å². The van der Waals surface area contributed by atoms with Gasteiger partial charge >= 0.3 is 5.97 Å². The molecule has 7 nitrogen and oxygen atoms in total. The van der Waals surface area contributed by atoms with Crippen molar-refractivity contribution in [3.05, 3.63) is 46.2 Å². The minimum absolute atomic E-state index is 0.0602. The van der Waals surface area contributed by atoms with Crippen molar-refractivity contribution in [2.75, 3.05) is 11.9 Å². The standard InChI is InChI=1S/C14H14N2O5S2/c1-9-2-7-12(22-9)14(18)21-8-13(17)16-10-3-5-11(6-4-10)23(15,19)20/h2-7H,8H2,1H3,(H,16,17)(H2,15,19,20). The van der Waals surface area contributed by atoms with E-state index in [9.17, 15) is 18.0 Å². The maximum Gasteiger partial charge on any atom is 0.348 e. The van der Waals surface area contributed by atoms with Gasteiger partial charge in [-0.2, -0.15) is 0 Å². The molecule has 0 aliphatic heterocycles. The van der Waals surface area contributed by atoms with Crippen LogP contribution in [0.15, 0.2) is 41.3 Å². The lowest BCUT2D eigenvalue weighted by Gasteiger charge is -2.06. The van der Waals surface area contributed by atoms with Crippen LogP contribution in [0.4, 0.5) is 5.69 Å². The molecule has 3 N–H and O–H groups in total. The monoisotopic (exact) mass is 354 g/mol. The maximum absolute atomic E-state index is 11.7. The average molecular weight is 354 g/mol. The summed E-state index contributed by atoms with van der Waals surface area (Å²) in [6, 6.07) is 8.74. The highest BCUT2D eigenvalue weighted by Crippen LogP contribution is 2.16. The number of carbonyl (C=O) groups is 2. The molecule has 0 saturated heterocycles. The predicted octanol–water partition coefficient (Wildman–Crippen LogP) is 1.50. The van der Waals surface area contributed by atoms with Crippen LogP contribution in [-0.2, 0) is 19.6 Å². The van der Waals surface area contributed by atoms with Crippen molar-refractivity contribution in [2.45, 2.75) is 11.8 Å². The first-order chi connectivity index (χ1) is 10.8. The molecule has 1 amide bonds. The first-order valence-corrected chi connectivity index (χ1v) is 8.78. The first-order valence-electron chi connectivity index (χ1n) is 6.42. The summed E-state index contributed by atoms with van der Waals surface area (Å²) in [5, 5.41) is 7.46. The number of rotatable bonds is 5. The number of sulfonamides is 1. The molecule has 0 atom stereocenters. The Labute approximate surface area is 137 Å². The fourth-order valence-electron chi connectivity index (χ4n) is 1.67. The van der Waals surface area contributed by atoms with E-state index in [2.05, 4.69) is 5.32 Å². The van der Waals surface area contributed by atoms with Gasteiger partial charge in [-0.25, -0.2) is 18.4 Å². The molecule has 1 aromatic heterocycles. The van der Waals surface area contributed by atoms with Gasteiger partial charge in [0.05, 0.1) is 4.90 Å². The zero-order valence-electron chi connectivity index (χ0n) is 12.1. The van der Waals surface area contributed by atoms with E-state index < -0.39 is 28.5 Å². The van der Waals surface area contributed by atoms with Gasteiger partial charge in [0.15, 0.2) is 6.61 Å². The van der Waals surface area contributed by atoms with Gasteiger partial charge in [0.2, 0.25) is 10.0 Å². The number of hydrogen-bond acceptors (Lipinski definition) is 6. The molecule has 0 fully saturated rings. The van der Waals surface area contributed by atoms with Gasteiger partial charge in [-0.15, -0.1) is 11.3 Å². The number of anilines is 1. The molecule has 0 saturated carbocycles. The molecule has 0 bridgehead atoms. The van der Waals surface area contributed by atoms with E-state index in [-0.39, 0.29) is 4.90 Å². The van der Waals surface area contributed by atoms with Gasteiger partial charge < -0.3 is 10.1 Å². The smallest absolute Gasteiger partial charge is 0.348 e. The summed E-state index contributed by atoms with van der Waals surface area (Å²) in [4.78, 5) is 24.7. The zero-order chi connectivity index (χ0) is 17.0. The zero-order valence-corrected chi connectivity index (χ0v) is 13.7. The number of thiophene rings is 1. The maximum atomic E-state index is 11.7. The van der Waals surface area contributed by atoms with Gasteiger partial charge in [-0.3, -0.25) is 4.79 Å². The lowest BCUT2D eigenvalue weighted by molar-refractivity contribution is -0.119. The van der Waals surface area contributed by atoms with Crippen molar-refractivity contribution in [3.8, 4) is 0 Å². The Morgan fingerprint density at radius 1 is 1.17 bits per heavy atom. The average Bonchev–Trinajstić information content (AvgIpc) is 2.91. The van der Waals surface area contributed by atoms with Crippen molar-refractivity contribution in [3.63, 3.8) is 0 Å². The quantitative estimate of drug-likeness (QED) is 0.790. The van der Waals surface area contributed by atoms with E-state index >= 15 is 0 Å². The van der Waals surface area contributed by atoms with Crippen LogP contribution in [0.25, 0.3) is 0 Å². The summed E-state index contributed by atoms with van der Waals surface area (Å²) in [7, 11) is -3.78. The van der Waals surface area contributed by atoms with E-state index in [1.807, 2.05) is 6.92 Å². The second-order valence-corrected chi connectivity index (χ2v) is 7.45. The number of ether oxygens (including phenoxy) is 1. The number of amides is 1. The fraction of sp³-hybridized carbons (Fsp3) is 0.143. The minimum Gasteiger partial charge on any atom is -0.451 e. The van der Waals surface area contributed by atoms with Crippen molar-refractivity contribution >= 4 is 38.9 Å². The van der Waals surface area contributed by atoms with E-state index in [0.29, 0.717) is 10.6 Å². The summed E-state index contributed by atoms with van der Waals surface area (Å²) >= 11 is 1.28. The van der Waals surface area contributed by atoms with Gasteiger partial charge in [-0.1, -0.05) is 0 Å². The third kappa shape index (κ3) is 4.88. The molecule has 1 aromatic carbocycles. The van der Waals surface area contributed by atoms with Gasteiger partial charge in [0, 0.05) is 10.6 Å². The molecule has 0 radical (unpaired) electrons. The Morgan fingerprint density at radius 3 is 2.35 bits per heavy atom. The van der Waals surface area contributed by atoms with E-state index in [1.54, 1.807) is 12.1 Å². The number of benzene rings is 1. The van der Waals surface area contributed by atoms with Gasteiger partial charge in [-0.05, 0) is 43.3 Å². The molecular weight excluding hydrogens is 340 g/mol. The van der Waals surface area contributed by atoms with Gasteiger partial charge in [0.25, 0.3) is 5.91 Å². The summed E-state index contributed by atoms with van der Waals surface area (Å²) in [6.45, 7) is 1.42. The number of carbonyl (C=O) groups excluding carboxylic acids is 2. The van der Waals surface area contributed by atoms with Crippen molar-refractivity contribution < 1.29 is 22.7 Å². The number of esters is 1. The molecule has 0 unspecified atom stereocenters. The molecule has 23 heavy (non-hydrogen) atoms. The van der Waals surface area contributed by atoms with Crippen LogP contribution in [0, 0.1) is 6.92 Å². The summed E-state index contributed by atoms with van der Waals surface area (Å²) < 4.78 is 27.1. The Hall–Kier alpha value is -2.23. The molecular formula is C14H14N2O5S2.